The Morgan fingerprint density at radius 2 is 1.83 bits per heavy atom. The molecule has 1 aromatic carbocycles. The van der Waals surface area contributed by atoms with Crippen molar-refractivity contribution in [2.45, 2.75) is 33.7 Å². The average molecular weight is 390 g/mol. The molecule has 1 aliphatic heterocycles. The predicted molar refractivity (Wildman–Crippen MR) is 120 cm³/mol. The molecule has 2 aromatic heterocycles. The fourth-order valence-corrected chi connectivity index (χ4v) is 3.87. The molecule has 0 saturated carbocycles. The third-order valence-electron chi connectivity index (χ3n) is 5.76. The molecule has 0 aliphatic carbocycles. The van der Waals surface area contributed by atoms with E-state index < -0.39 is 0 Å². The number of fused-ring (bicyclic) bond motifs is 1. The van der Waals surface area contributed by atoms with Crippen molar-refractivity contribution in [1.82, 2.24) is 24.8 Å². The molecule has 0 bridgehead atoms. The minimum absolute atomic E-state index is 0.806. The van der Waals surface area contributed by atoms with E-state index >= 15 is 0 Å². The predicted octanol–water partition coefficient (Wildman–Crippen LogP) is 3.58. The monoisotopic (exact) mass is 389 g/mol. The molecule has 5 nitrogen and oxygen atoms in total. The number of imidazole rings is 1. The van der Waals surface area contributed by atoms with Gasteiger partial charge in [-0.2, -0.15) is 0 Å². The summed E-state index contributed by atoms with van der Waals surface area (Å²) in [5, 5.41) is 3.40. The van der Waals surface area contributed by atoms with Crippen LogP contribution in [0.4, 0.5) is 0 Å². The van der Waals surface area contributed by atoms with E-state index in [1.54, 1.807) is 0 Å². The lowest BCUT2D eigenvalue weighted by Crippen LogP contribution is -2.43. The number of benzene rings is 1. The first-order chi connectivity index (χ1) is 14.1. The Morgan fingerprint density at radius 3 is 2.55 bits per heavy atom. The Kier molecular flexibility index (Phi) is 6.07. The molecule has 3 aromatic rings. The Morgan fingerprint density at radius 1 is 1.07 bits per heavy atom. The number of aromatic nitrogens is 3. The fraction of sp³-hybridized carbons (Fsp3) is 0.417. The first-order valence-corrected chi connectivity index (χ1v) is 10.7. The zero-order chi connectivity index (χ0) is 20.2. The molecule has 1 N–H and O–H groups in total. The summed E-state index contributed by atoms with van der Waals surface area (Å²) in [5.41, 5.74) is 6.79. The minimum atomic E-state index is 0.806. The minimum Gasteiger partial charge on any atom is -0.314 e. The number of hydrogen-bond donors (Lipinski definition) is 1. The zero-order valence-corrected chi connectivity index (χ0v) is 17.8. The Labute approximate surface area is 173 Å². The van der Waals surface area contributed by atoms with Crippen LogP contribution in [0, 0.1) is 13.8 Å². The maximum Gasteiger partial charge on any atom is 0.160 e. The van der Waals surface area contributed by atoms with Crippen LogP contribution in [0.2, 0.25) is 0 Å². The van der Waals surface area contributed by atoms with Crippen molar-refractivity contribution >= 4 is 17.2 Å². The third-order valence-corrected chi connectivity index (χ3v) is 5.76. The van der Waals surface area contributed by atoms with Gasteiger partial charge in [0.15, 0.2) is 5.65 Å². The summed E-state index contributed by atoms with van der Waals surface area (Å²) < 4.78 is 2.26. The van der Waals surface area contributed by atoms with Gasteiger partial charge in [0, 0.05) is 44.8 Å². The van der Waals surface area contributed by atoms with Crippen molar-refractivity contribution in [2.75, 3.05) is 32.7 Å². The van der Waals surface area contributed by atoms with Crippen LogP contribution in [0.25, 0.3) is 17.2 Å². The van der Waals surface area contributed by atoms with Crippen molar-refractivity contribution in [1.29, 1.82) is 0 Å². The highest BCUT2D eigenvalue weighted by atomic mass is 15.2. The molecule has 4 rings (SSSR count). The Bertz CT molecular complexity index is 994. The molecule has 5 heteroatoms. The number of rotatable bonds is 6. The van der Waals surface area contributed by atoms with E-state index in [0.717, 1.165) is 68.4 Å². The van der Waals surface area contributed by atoms with Crippen LogP contribution in [0.5, 0.6) is 0 Å². The van der Waals surface area contributed by atoms with Gasteiger partial charge in [0.2, 0.25) is 0 Å². The lowest BCUT2D eigenvalue weighted by atomic mass is 10.1. The molecule has 152 valence electrons. The van der Waals surface area contributed by atoms with Gasteiger partial charge in [0.1, 0.15) is 11.3 Å². The maximum atomic E-state index is 4.82. The van der Waals surface area contributed by atoms with E-state index in [1.165, 1.54) is 16.7 Å². The van der Waals surface area contributed by atoms with Gasteiger partial charge in [0.25, 0.3) is 0 Å². The second-order valence-electron chi connectivity index (χ2n) is 7.90. The van der Waals surface area contributed by atoms with Crippen molar-refractivity contribution < 1.29 is 0 Å². The first-order valence-electron chi connectivity index (χ1n) is 10.7. The number of nitrogens with one attached hydrogen (secondary N) is 1. The standard InChI is InChI=1S/C24H31N5/c1-4-23-27-22-16-18(2)19(3)26-24(22)29(23)17-21-9-7-20(8-10-21)6-5-13-28-14-11-25-12-15-28/h5-10,16,25H,4,11-15,17H2,1-3H3. The molecular weight excluding hydrogens is 358 g/mol. The quantitative estimate of drug-likeness (QED) is 0.700. The van der Waals surface area contributed by atoms with E-state index in [0.29, 0.717) is 0 Å². The summed E-state index contributed by atoms with van der Waals surface area (Å²) >= 11 is 0. The lowest BCUT2D eigenvalue weighted by molar-refractivity contribution is 0.265. The first kappa shape index (κ1) is 19.8. The highest BCUT2D eigenvalue weighted by molar-refractivity contribution is 5.73. The highest BCUT2D eigenvalue weighted by Gasteiger charge is 2.12. The van der Waals surface area contributed by atoms with E-state index in [1.807, 2.05) is 0 Å². The summed E-state index contributed by atoms with van der Waals surface area (Å²) in [4.78, 5) is 12.1. The lowest BCUT2D eigenvalue weighted by Gasteiger charge is -2.25. The zero-order valence-electron chi connectivity index (χ0n) is 17.8. The number of nitrogens with zero attached hydrogens (tertiary/aromatic N) is 4. The second-order valence-corrected chi connectivity index (χ2v) is 7.90. The van der Waals surface area contributed by atoms with Gasteiger partial charge >= 0.3 is 0 Å². The van der Waals surface area contributed by atoms with Crippen LogP contribution in [-0.4, -0.2) is 52.2 Å². The van der Waals surface area contributed by atoms with Gasteiger partial charge in [-0.05, 0) is 36.6 Å². The van der Waals surface area contributed by atoms with Gasteiger partial charge in [-0.15, -0.1) is 0 Å². The number of aryl methyl sites for hydroxylation is 3. The van der Waals surface area contributed by atoms with Crippen LogP contribution in [0.1, 0.15) is 35.1 Å². The molecule has 0 atom stereocenters. The van der Waals surface area contributed by atoms with Crippen LogP contribution >= 0.6 is 0 Å². The number of hydrogen-bond acceptors (Lipinski definition) is 4. The molecule has 0 spiro atoms. The number of pyridine rings is 1. The summed E-state index contributed by atoms with van der Waals surface area (Å²) in [5.74, 6) is 1.09. The van der Waals surface area contributed by atoms with Crippen molar-refractivity contribution in [2.24, 2.45) is 0 Å². The Hall–Kier alpha value is -2.50. The molecule has 0 unspecified atom stereocenters. The number of piperazine rings is 1. The van der Waals surface area contributed by atoms with Crippen LogP contribution in [-0.2, 0) is 13.0 Å². The van der Waals surface area contributed by atoms with E-state index in [2.05, 4.69) is 78.0 Å². The normalized spacial score (nSPS) is 15.6. The van der Waals surface area contributed by atoms with Crippen LogP contribution in [0.15, 0.2) is 36.4 Å². The second kappa shape index (κ2) is 8.89. The molecule has 3 heterocycles. The summed E-state index contributed by atoms with van der Waals surface area (Å²) in [6.07, 6.45) is 5.40. The third kappa shape index (κ3) is 4.57. The molecule has 1 fully saturated rings. The SMILES string of the molecule is CCc1nc2cc(C)c(C)nc2n1Cc1ccc(C=CCN2CCNCC2)cc1. The van der Waals surface area contributed by atoms with Crippen LogP contribution in [0.3, 0.4) is 0 Å². The topological polar surface area (TPSA) is 46.0 Å². The molecule has 1 saturated heterocycles. The highest BCUT2D eigenvalue weighted by Crippen LogP contribution is 2.20. The van der Waals surface area contributed by atoms with E-state index in [-0.39, 0.29) is 0 Å². The van der Waals surface area contributed by atoms with E-state index in [9.17, 15) is 0 Å². The summed E-state index contributed by atoms with van der Waals surface area (Å²) in [6, 6.07) is 11.0. The van der Waals surface area contributed by atoms with Gasteiger partial charge in [-0.25, -0.2) is 9.97 Å². The summed E-state index contributed by atoms with van der Waals surface area (Å²) in [6.45, 7) is 12.6. The van der Waals surface area contributed by atoms with Gasteiger partial charge in [-0.1, -0.05) is 43.3 Å². The van der Waals surface area contributed by atoms with Gasteiger partial charge in [0.05, 0.1) is 6.54 Å². The summed E-state index contributed by atoms with van der Waals surface area (Å²) in [7, 11) is 0. The smallest absolute Gasteiger partial charge is 0.160 e. The molecule has 29 heavy (non-hydrogen) atoms. The van der Waals surface area contributed by atoms with Crippen LogP contribution < -0.4 is 5.32 Å². The van der Waals surface area contributed by atoms with Gasteiger partial charge < -0.3 is 9.88 Å². The van der Waals surface area contributed by atoms with Gasteiger partial charge in [-0.3, -0.25) is 4.90 Å². The fourth-order valence-electron chi connectivity index (χ4n) is 3.87. The van der Waals surface area contributed by atoms with E-state index in [4.69, 9.17) is 9.97 Å². The van der Waals surface area contributed by atoms with Crippen molar-refractivity contribution in [3.63, 3.8) is 0 Å². The maximum absolute atomic E-state index is 4.82. The van der Waals surface area contributed by atoms with Crippen molar-refractivity contribution in [3.8, 4) is 0 Å². The van der Waals surface area contributed by atoms with Crippen molar-refractivity contribution in [3.05, 3.63) is 64.6 Å². The molecule has 0 radical (unpaired) electrons. The average Bonchev–Trinajstić information content (AvgIpc) is 3.07. The molecular formula is C24H31N5. The molecule has 1 aliphatic rings. The Balaban J connectivity index is 1.48. The largest absolute Gasteiger partial charge is 0.314 e. The molecule has 0 amide bonds.